The number of carbonyl (C=O) groups excluding carboxylic acids is 1. The number of methoxy groups -OCH3 is 1. The van der Waals surface area contributed by atoms with Crippen LogP contribution in [0.5, 0.6) is 5.75 Å². The van der Waals surface area contributed by atoms with E-state index in [0.717, 1.165) is 16.9 Å². The van der Waals surface area contributed by atoms with Crippen molar-refractivity contribution in [3.8, 4) is 5.75 Å². The fourth-order valence-corrected chi connectivity index (χ4v) is 1.98. The molecule has 0 aromatic heterocycles. The lowest BCUT2D eigenvalue weighted by Crippen LogP contribution is -2.08. The Hall–Kier alpha value is -2.26. The lowest BCUT2D eigenvalue weighted by atomic mass is 10.2. The third-order valence-electron chi connectivity index (χ3n) is 3.07. The number of ether oxygens (including phenoxy) is 1. The van der Waals surface area contributed by atoms with Crippen LogP contribution in [0.2, 0.25) is 5.02 Å². The molecule has 0 aliphatic heterocycles. The van der Waals surface area contributed by atoms with Crippen LogP contribution in [0, 0.1) is 6.92 Å². The van der Waals surface area contributed by atoms with E-state index in [1.54, 1.807) is 25.3 Å². The molecule has 108 valence electrons. The van der Waals surface area contributed by atoms with Crippen LogP contribution in [0.15, 0.2) is 48.5 Å². The second-order valence-electron chi connectivity index (χ2n) is 4.51. The molecule has 0 unspecified atom stereocenters. The molecule has 0 spiro atoms. The fourth-order valence-electron chi connectivity index (χ4n) is 1.80. The number of hydrogen-bond donors (Lipinski definition) is 1. The molecule has 0 bridgehead atoms. The summed E-state index contributed by atoms with van der Waals surface area (Å²) in [5, 5.41) is 3.44. The summed E-state index contributed by atoms with van der Waals surface area (Å²) >= 11 is 6.02. The Labute approximate surface area is 129 Å². The van der Waals surface area contributed by atoms with Crippen molar-refractivity contribution in [2.75, 3.05) is 12.4 Å². The van der Waals surface area contributed by atoms with Crippen molar-refractivity contribution in [3.63, 3.8) is 0 Å². The molecule has 21 heavy (non-hydrogen) atoms. The molecule has 0 atom stereocenters. The molecule has 2 aromatic carbocycles. The summed E-state index contributed by atoms with van der Waals surface area (Å²) in [6.45, 7) is 1.87. The first-order valence-corrected chi connectivity index (χ1v) is 6.86. The van der Waals surface area contributed by atoms with E-state index in [2.05, 4.69) is 5.32 Å². The number of anilines is 1. The predicted molar refractivity (Wildman–Crippen MR) is 86.8 cm³/mol. The van der Waals surface area contributed by atoms with Crippen molar-refractivity contribution in [1.82, 2.24) is 0 Å². The van der Waals surface area contributed by atoms with Gasteiger partial charge in [0, 0.05) is 16.8 Å². The zero-order valence-electron chi connectivity index (χ0n) is 11.9. The van der Waals surface area contributed by atoms with Gasteiger partial charge in [0.15, 0.2) is 0 Å². The van der Waals surface area contributed by atoms with Crippen LogP contribution in [0.1, 0.15) is 11.1 Å². The van der Waals surface area contributed by atoms with Crippen LogP contribution >= 0.6 is 11.6 Å². The Morgan fingerprint density at radius 3 is 2.57 bits per heavy atom. The predicted octanol–water partition coefficient (Wildman–Crippen LogP) is 4.31. The number of nitrogens with one attached hydrogen (secondary N) is 1. The molecule has 1 N–H and O–H groups in total. The number of carbonyl (C=O) groups is 1. The minimum absolute atomic E-state index is 0.198. The van der Waals surface area contributed by atoms with Crippen molar-refractivity contribution in [3.05, 3.63) is 64.7 Å². The maximum Gasteiger partial charge on any atom is 0.248 e. The number of hydrogen-bond acceptors (Lipinski definition) is 2. The quantitative estimate of drug-likeness (QED) is 0.855. The monoisotopic (exact) mass is 301 g/mol. The molecule has 1 amide bonds. The second-order valence-corrected chi connectivity index (χ2v) is 4.92. The van der Waals surface area contributed by atoms with Crippen LogP contribution in [0.4, 0.5) is 5.69 Å². The molecule has 2 rings (SSSR count). The molecule has 0 heterocycles. The molecule has 0 aliphatic carbocycles. The molecule has 0 saturated heterocycles. The SMILES string of the molecule is COc1ccc(/C=C/C(=O)Nc2cccc(Cl)c2C)cc1. The summed E-state index contributed by atoms with van der Waals surface area (Å²) in [6.07, 6.45) is 3.23. The lowest BCUT2D eigenvalue weighted by Gasteiger charge is -2.07. The van der Waals surface area contributed by atoms with Crippen LogP contribution in [0.25, 0.3) is 6.08 Å². The Morgan fingerprint density at radius 1 is 1.19 bits per heavy atom. The molecule has 2 aromatic rings. The summed E-state index contributed by atoms with van der Waals surface area (Å²) in [5.41, 5.74) is 2.49. The second kappa shape index (κ2) is 6.95. The number of amides is 1. The largest absolute Gasteiger partial charge is 0.497 e. The molecule has 0 saturated carbocycles. The van der Waals surface area contributed by atoms with Gasteiger partial charge >= 0.3 is 0 Å². The highest BCUT2D eigenvalue weighted by Gasteiger charge is 2.04. The van der Waals surface area contributed by atoms with Crippen molar-refractivity contribution in [2.45, 2.75) is 6.92 Å². The third kappa shape index (κ3) is 4.10. The molecular weight excluding hydrogens is 286 g/mol. The highest BCUT2D eigenvalue weighted by Crippen LogP contribution is 2.22. The Kier molecular flexibility index (Phi) is 5.01. The van der Waals surface area contributed by atoms with E-state index in [1.807, 2.05) is 37.3 Å². The molecule has 3 nitrogen and oxygen atoms in total. The minimum Gasteiger partial charge on any atom is -0.497 e. The normalized spacial score (nSPS) is 10.6. The van der Waals surface area contributed by atoms with E-state index in [-0.39, 0.29) is 5.91 Å². The highest BCUT2D eigenvalue weighted by atomic mass is 35.5. The van der Waals surface area contributed by atoms with Gasteiger partial charge in [0.2, 0.25) is 5.91 Å². The fraction of sp³-hybridized carbons (Fsp3) is 0.118. The van der Waals surface area contributed by atoms with Gasteiger partial charge in [0.05, 0.1) is 7.11 Å². The van der Waals surface area contributed by atoms with Crippen LogP contribution in [-0.4, -0.2) is 13.0 Å². The van der Waals surface area contributed by atoms with Crippen molar-refractivity contribution in [2.24, 2.45) is 0 Å². The highest BCUT2D eigenvalue weighted by molar-refractivity contribution is 6.31. The number of rotatable bonds is 4. The van der Waals surface area contributed by atoms with Crippen LogP contribution in [0.3, 0.4) is 0 Å². The van der Waals surface area contributed by atoms with Crippen LogP contribution < -0.4 is 10.1 Å². The Bertz CT molecular complexity index is 663. The van der Waals surface area contributed by atoms with Gasteiger partial charge in [-0.3, -0.25) is 4.79 Å². The van der Waals surface area contributed by atoms with E-state index in [9.17, 15) is 4.79 Å². The zero-order chi connectivity index (χ0) is 15.2. The van der Waals surface area contributed by atoms with Gasteiger partial charge < -0.3 is 10.1 Å². The first kappa shape index (κ1) is 15.1. The summed E-state index contributed by atoms with van der Waals surface area (Å²) in [7, 11) is 1.62. The van der Waals surface area contributed by atoms with Crippen molar-refractivity contribution >= 4 is 29.3 Å². The number of halogens is 1. The van der Waals surface area contributed by atoms with Gasteiger partial charge in [-0.1, -0.05) is 29.8 Å². The summed E-state index contributed by atoms with van der Waals surface area (Å²) in [4.78, 5) is 11.9. The molecule has 4 heteroatoms. The third-order valence-corrected chi connectivity index (χ3v) is 3.48. The summed E-state index contributed by atoms with van der Waals surface area (Å²) in [5.74, 6) is 0.585. The zero-order valence-corrected chi connectivity index (χ0v) is 12.6. The maximum atomic E-state index is 11.9. The first-order chi connectivity index (χ1) is 10.1. The van der Waals surface area contributed by atoms with Gasteiger partial charge in [-0.05, 0) is 48.4 Å². The molecular formula is C17H16ClNO2. The van der Waals surface area contributed by atoms with Crippen LogP contribution in [-0.2, 0) is 4.79 Å². The van der Waals surface area contributed by atoms with Gasteiger partial charge in [0.25, 0.3) is 0 Å². The average Bonchev–Trinajstić information content (AvgIpc) is 2.50. The van der Waals surface area contributed by atoms with Gasteiger partial charge in [-0.15, -0.1) is 0 Å². The first-order valence-electron chi connectivity index (χ1n) is 6.48. The van der Waals surface area contributed by atoms with E-state index in [4.69, 9.17) is 16.3 Å². The Morgan fingerprint density at radius 2 is 1.90 bits per heavy atom. The maximum absolute atomic E-state index is 11.9. The van der Waals surface area contributed by atoms with Gasteiger partial charge in [0.1, 0.15) is 5.75 Å². The van der Waals surface area contributed by atoms with Crippen molar-refractivity contribution in [1.29, 1.82) is 0 Å². The summed E-state index contributed by atoms with van der Waals surface area (Å²) < 4.78 is 5.08. The van der Waals surface area contributed by atoms with E-state index >= 15 is 0 Å². The standard InChI is InChI=1S/C17H16ClNO2/c1-12-15(18)4-3-5-16(12)19-17(20)11-8-13-6-9-14(21-2)10-7-13/h3-11H,1-2H3,(H,19,20)/b11-8+. The summed E-state index contributed by atoms with van der Waals surface area (Å²) in [6, 6.07) is 12.9. The van der Waals surface area contributed by atoms with Crippen molar-refractivity contribution < 1.29 is 9.53 Å². The van der Waals surface area contributed by atoms with Gasteiger partial charge in [-0.25, -0.2) is 0 Å². The molecule has 0 radical (unpaired) electrons. The Balaban J connectivity index is 2.03. The minimum atomic E-state index is -0.198. The lowest BCUT2D eigenvalue weighted by molar-refractivity contribution is -0.111. The molecule has 0 aliphatic rings. The van der Waals surface area contributed by atoms with E-state index < -0.39 is 0 Å². The van der Waals surface area contributed by atoms with E-state index in [0.29, 0.717) is 10.7 Å². The van der Waals surface area contributed by atoms with E-state index in [1.165, 1.54) is 6.08 Å². The van der Waals surface area contributed by atoms with Gasteiger partial charge in [-0.2, -0.15) is 0 Å². The topological polar surface area (TPSA) is 38.3 Å². The number of benzene rings is 2. The average molecular weight is 302 g/mol. The smallest absolute Gasteiger partial charge is 0.248 e. The molecule has 0 fully saturated rings.